The van der Waals surface area contributed by atoms with Crippen molar-refractivity contribution >= 4 is 5.97 Å². The van der Waals surface area contributed by atoms with Gasteiger partial charge < -0.3 is 19.3 Å². The first-order chi connectivity index (χ1) is 9.94. The molecule has 2 rings (SSSR count). The molecule has 1 aromatic carbocycles. The van der Waals surface area contributed by atoms with Crippen molar-refractivity contribution in [3.05, 3.63) is 47.7 Å². The molecule has 1 atom stereocenters. The standard InChI is InChI=1S/C16H20O5/c1-16(2)20-14(9-15(18)21-16)8-13(17)11-19-10-12-6-4-3-5-7-12/h3-7,9,13,17H,8,10-11H2,1-2H3/t13-/m0/s1. The SMILES string of the molecule is CC1(C)OC(=O)C=C(C[C@H](O)COCc2ccccc2)O1. The molecule has 1 aliphatic rings. The zero-order chi connectivity index (χ0) is 15.3. The van der Waals surface area contributed by atoms with Gasteiger partial charge in [-0.15, -0.1) is 0 Å². The van der Waals surface area contributed by atoms with Gasteiger partial charge in [0.25, 0.3) is 0 Å². The number of benzene rings is 1. The van der Waals surface area contributed by atoms with Crippen LogP contribution in [0.25, 0.3) is 0 Å². The molecule has 0 bridgehead atoms. The second kappa shape index (κ2) is 6.74. The molecule has 0 radical (unpaired) electrons. The Hall–Kier alpha value is -1.85. The number of hydrogen-bond acceptors (Lipinski definition) is 5. The van der Waals surface area contributed by atoms with Crippen LogP contribution in [-0.2, 0) is 25.6 Å². The number of ether oxygens (including phenoxy) is 3. The largest absolute Gasteiger partial charge is 0.457 e. The number of aliphatic hydroxyl groups is 1. The third-order valence-electron chi connectivity index (χ3n) is 2.86. The summed E-state index contributed by atoms with van der Waals surface area (Å²) in [7, 11) is 0. The number of rotatable bonds is 6. The molecule has 0 saturated carbocycles. The maximum Gasteiger partial charge on any atom is 0.337 e. The van der Waals surface area contributed by atoms with Gasteiger partial charge in [-0.05, 0) is 5.56 Å². The fraction of sp³-hybridized carbons (Fsp3) is 0.438. The van der Waals surface area contributed by atoms with Gasteiger partial charge >= 0.3 is 5.97 Å². The minimum absolute atomic E-state index is 0.172. The summed E-state index contributed by atoms with van der Waals surface area (Å²) in [6.45, 7) is 3.91. The van der Waals surface area contributed by atoms with Crippen molar-refractivity contribution in [3.8, 4) is 0 Å². The lowest BCUT2D eigenvalue weighted by Crippen LogP contribution is -2.35. The van der Waals surface area contributed by atoms with Crippen LogP contribution >= 0.6 is 0 Å². The van der Waals surface area contributed by atoms with Crippen molar-refractivity contribution in [2.75, 3.05) is 6.61 Å². The second-order valence-electron chi connectivity index (χ2n) is 5.39. The van der Waals surface area contributed by atoms with Gasteiger partial charge in [0.1, 0.15) is 5.76 Å². The highest BCUT2D eigenvalue weighted by Gasteiger charge is 2.30. The Bertz CT molecular complexity index is 507. The molecule has 1 aromatic rings. The lowest BCUT2D eigenvalue weighted by Gasteiger charge is -2.31. The summed E-state index contributed by atoms with van der Waals surface area (Å²) >= 11 is 0. The number of esters is 1. The number of hydrogen-bond donors (Lipinski definition) is 1. The first-order valence-corrected chi connectivity index (χ1v) is 6.87. The van der Waals surface area contributed by atoms with E-state index in [1.165, 1.54) is 6.08 Å². The molecule has 21 heavy (non-hydrogen) atoms. The lowest BCUT2D eigenvalue weighted by molar-refractivity contribution is -0.207. The molecule has 0 aromatic heterocycles. The molecule has 0 unspecified atom stereocenters. The van der Waals surface area contributed by atoms with E-state index in [9.17, 15) is 9.90 Å². The molecule has 0 spiro atoms. The molecule has 0 aliphatic carbocycles. The fourth-order valence-electron chi connectivity index (χ4n) is 2.05. The molecule has 1 N–H and O–H groups in total. The fourth-order valence-corrected chi connectivity index (χ4v) is 2.05. The number of carbonyl (C=O) groups is 1. The normalized spacial score (nSPS) is 18.4. The van der Waals surface area contributed by atoms with E-state index in [1.807, 2.05) is 30.3 Å². The zero-order valence-electron chi connectivity index (χ0n) is 12.2. The molecular weight excluding hydrogens is 272 g/mol. The van der Waals surface area contributed by atoms with Crippen molar-refractivity contribution in [1.29, 1.82) is 0 Å². The van der Waals surface area contributed by atoms with Crippen LogP contribution in [0, 0.1) is 0 Å². The summed E-state index contributed by atoms with van der Waals surface area (Å²) in [5.41, 5.74) is 1.04. The summed E-state index contributed by atoms with van der Waals surface area (Å²) < 4.78 is 15.9. The molecule has 5 nitrogen and oxygen atoms in total. The summed E-state index contributed by atoms with van der Waals surface area (Å²) in [5.74, 6) is -1.04. The van der Waals surface area contributed by atoms with E-state index in [0.717, 1.165) is 5.56 Å². The van der Waals surface area contributed by atoms with E-state index in [2.05, 4.69) is 0 Å². The van der Waals surface area contributed by atoms with Crippen LogP contribution in [0.1, 0.15) is 25.8 Å². The summed E-state index contributed by atoms with van der Waals surface area (Å²) in [6, 6.07) is 9.72. The topological polar surface area (TPSA) is 65.0 Å². The van der Waals surface area contributed by atoms with Crippen molar-refractivity contribution in [1.82, 2.24) is 0 Å². The predicted octanol–water partition coefficient (Wildman–Crippen LogP) is 2.15. The van der Waals surface area contributed by atoms with Crippen molar-refractivity contribution < 1.29 is 24.1 Å². The molecule has 114 valence electrons. The Morgan fingerprint density at radius 3 is 2.62 bits per heavy atom. The molecule has 1 heterocycles. The molecule has 0 fully saturated rings. The Morgan fingerprint density at radius 2 is 1.95 bits per heavy atom. The predicted molar refractivity (Wildman–Crippen MR) is 76.1 cm³/mol. The van der Waals surface area contributed by atoms with E-state index in [1.54, 1.807) is 13.8 Å². The molecule has 5 heteroatoms. The monoisotopic (exact) mass is 292 g/mol. The smallest absolute Gasteiger partial charge is 0.337 e. The van der Waals surface area contributed by atoms with Crippen LogP contribution in [0.4, 0.5) is 0 Å². The number of aliphatic hydroxyl groups excluding tert-OH is 1. The van der Waals surface area contributed by atoms with Gasteiger partial charge in [-0.2, -0.15) is 0 Å². The molecule has 1 aliphatic heterocycles. The van der Waals surface area contributed by atoms with Gasteiger partial charge in [-0.1, -0.05) is 30.3 Å². The van der Waals surface area contributed by atoms with Crippen molar-refractivity contribution in [2.45, 2.75) is 38.8 Å². The summed E-state index contributed by atoms with van der Waals surface area (Å²) in [5, 5.41) is 9.94. The highest BCUT2D eigenvalue weighted by Crippen LogP contribution is 2.24. The minimum Gasteiger partial charge on any atom is -0.457 e. The van der Waals surface area contributed by atoms with E-state index >= 15 is 0 Å². The van der Waals surface area contributed by atoms with Crippen LogP contribution < -0.4 is 0 Å². The zero-order valence-corrected chi connectivity index (χ0v) is 12.2. The Balaban J connectivity index is 1.77. The van der Waals surface area contributed by atoms with E-state index in [4.69, 9.17) is 14.2 Å². The van der Waals surface area contributed by atoms with Crippen LogP contribution in [0.2, 0.25) is 0 Å². The van der Waals surface area contributed by atoms with Gasteiger partial charge in [0, 0.05) is 20.3 Å². The first kappa shape index (κ1) is 15.5. The third kappa shape index (κ3) is 5.21. The summed E-state index contributed by atoms with van der Waals surface area (Å²) in [4.78, 5) is 11.4. The summed E-state index contributed by atoms with van der Waals surface area (Å²) in [6.07, 6.45) is 0.737. The first-order valence-electron chi connectivity index (χ1n) is 6.87. The van der Waals surface area contributed by atoms with Gasteiger partial charge in [0.05, 0.1) is 25.4 Å². The lowest BCUT2D eigenvalue weighted by atomic mass is 10.2. The highest BCUT2D eigenvalue weighted by molar-refractivity contribution is 5.83. The Kier molecular flexibility index (Phi) is 4.98. The van der Waals surface area contributed by atoms with Crippen LogP contribution in [-0.4, -0.2) is 29.6 Å². The van der Waals surface area contributed by atoms with Crippen LogP contribution in [0.3, 0.4) is 0 Å². The van der Waals surface area contributed by atoms with Crippen molar-refractivity contribution in [2.24, 2.45) is 0 Å². The van der Waals surface area contributed by atoms with Crippen LogP contribution in [0.5, 0.6) is 0 Å². The van der Waals surface area contributed by atoms with Crippen molar-refractivity contribution in [3.63, 3.8) is 0 Å². The van der Waals surface area contributed by atoms with Gasteiger partial charge in [-0.3, -0.25) is 0 Å². The Labute approximate surface area is 124 Å². The number of cyclic esters (lactones) is 1. The third-order valence-corrected chi connectivity index (χ3v) is 2.86. The van der Waals surface area contributed by atoms with Gasteiger partial charge in [0.15, 0.2) is 0 Å². The number of carbonyl (C=O) groups excluding carboxylic acids is 1. The highest BCUT2D eigenvalue weighted by atomic mass is 16.7. The van der Waals surface area contributed by atoms with E-state index < -0.39 is 17.9 Å². The van der Waals surface area contributed by atoms with E-state index in [-0.39, 0.29) is 13.0 Å². The average molecular weight is 292 g/mol. The average Bonchev–Trinajstić information content (AvgIpc) is 2.37. The van der Waals surface area contributed by atoms with Gasteiger partial charge in [-0.25, -0.2) is 4.79 Å². The second-order valence-corrected chi connectivity index (χ2v) is 5.39. The quantitative estimate of drug-likeness (QED) is 0.814. The maximum atomic E-state index is 11.4. The Morgan fingerprint density at radius 1 is 1.24 bits per heavy atom. The van der Waals surface area contributed by atoms with Gasteiger partial charge in [0.2, 0.25) is 5.79 Å². The molecular formula is C16H20O5. The molecule has 0 saturated heterocycles. The van der Waals surface area contributed by atoms with E-state index in [0.29, 0.717) is 12.4 Å². The van der Waals surface area contributed by atoms with Crippen LogP contribution in [0.15, 0.2) is 42.2 Å². The maximum absolute atomic E-state index is 11.4. The molecule has 0 amide bonds. The minimum atomic E-state index is -0.994.